The molecule has 2 N–H and O–H groups in total. The van der Waals surface area contributed by atoms with Gasteiger partial charge in [-0.3, -0.25) is 14.8 Å². The Morgan fingerprint density at radius 3 is 2.25 bits per heavy atom. The van der Waals surface area contributed by atoms with Crippen molar-refractivity contribution in [3.05, 3.63) is 104 Å². The first-order valence-electron chi connectivity index (χ1n) is 18.7. The van der Waals surface area contributed by atoms with Crippen LogP contribution in [0.3, 0.4) is 0 Å². The van der Waals surface area contributed by atoms with Gasteiger partial charge in [-0.15, -0.1) is 0 Å². The largest absolute Gasteiger partial charge is 0.416 e. The molecule has 6 rings (SSSR count). The molecule has 2 heterocycles. The first-order valence-corrected chi connectivity index (χ1v) is 19.4. The lowest BCUT2D eigenvalue weighted by Gasteiger charge is -2.46. The number of carbonyl (C=O) groups excluding carboxylic acids is 2. The average Bonchev–Trinajstić information content (AvgIpc) is 3.48. The number of rotatable bonds is 12. The molecule has 2 atom stereocenters. The van der Waals surface area contributed by atoms with Gasteiger partial charge < -0.3 is 24.4 Å². The molecular formula is C40H43Cl2F6N3O6. The number of carbonyl (C=O) groups is 2. The molecule has 0 saturated carbocycles. The second-order valence-electron chi connectivity index (χ2n) is 14.8. The van der Waals surface area contributed by atoms with E-state index in [1.165, 1.54) is 4.90 Å². The molecule has 2 fully saturated rings. The molecule has 2 saturated heterocycles. The number of aliphatic hydroxyl groups is 1. The number of fused-ring (bicyclic) bond motifs is 2. The highest BCUT2D eigenvalue weighted by Gasteiger charge is 2.50. The number of ether oxygens (including phenoxy) is 2. The zero-order valence-electron chi connectivity index (χ0n) is 30.9. The van der Waals surface area contributed by atoms with E-state index in [0.29, 0.717) is 74.5 Å². The number of aliphatic hydroxyl groups excluding tert-OH is 1. The van der Waals surface area contributed by atoms with Crippen molar-refractivity contribution in [2.75, 3.05) is 59.1 Å². The van der Waals surface area contributed by atoms with Crippen LogP contribution in [0.5, 0.6) is 0 Å². The maximum Gasteiger partial charge on any atom is 0.416 e. The fourth-order valence-electron chi connectivity index (χ4n) is 8.29. The summed E-state index contributed by atoms with van der Waals surface area (Å²) in [5.41, 5.74) is -2.75. The van der Waals surface area contributed by atoms with Gasteiger partial charge in [0.25, 0.3) is 11.8 Å². The van der Waals surface area contributed by atoms with Crippen LogP contribution in [0.15, 0.2) is 60.7 Å². The normalized spacial score (nSPS) is 21.2. The molecule has 1 spiro atoms. The number of nitrogens with zero attached hydrogens (tertiary/aromatic N) is 3. The number of morpholine rings is 1. The van der Waals surface area contributed by atoms with Crippen molar-refractivity contribution in [1.29, 1.82) is 0 Å². The Bertz CT molecular complexity index is 1890. The highest BCUT2D eigenvalue weighted by atomic mass is 35.5. The van der Waals surface area contributed by atoms with Gasteiger partial charge in [-0.05, 0) is 98.6 Å². The Hall–Kier alpha value is -3.44. The molecule has 17 heteroatoms. The van der Waals surface area contributed by atoms with Crippen LogP contribution in [0.4, 0.5) is 26.3 Å². The van der Waals surface area contributed by atoms with Gasteiger partial charge in [0.2, 0.25) is 0 Å². The SMILES string of the molecule is O=C(CO[C@H]1Cc2ccccc2C12CCN(CC[C@]1(c3ccc(Cl)c(Cl)c3)CN(C(=O)c3cc(C(F)(F)F)cc(C(F)(F)F)c3)CCO1)CC2)N(O)CCCCO. The molecule has 0 aromatic heterocycles. The highest BCUT2D eigenvalue weighted by molar-refractivity contribution is 6.42. The van der Waals surface area contributed by atoms with Crippen LogP contribution in [0.1, 0.15) is 70.3 Å². The van der Waals surface area contributed by atoms with E-state index >= 15 is 0 Å². The third kappa shape index (κ3) is 9.56. The minimum atomic E-state index is -5.12. The van der Waals surface area contributed by atoms with Crippen LogP contribution in [-0.4, -0.2) is 102 Å². The number of unbranched alkanes of at least 4 members (excludes halogenated alkanes) is 1. The average molecular weight is 847 g/mol. The number of hydrogen-bond donors (Lipinski definition) is 2. The van der Waals surface area contributed by atoms with E-state index in [1.807, 2.05) is 18.2 Å². The minimum Gasteiger partial charge on any atom is -0.396 e. The van der Waals surface area contributed by atoms with E-state index in [4.69, 9.17) is 37.8 Å². The third-order valence-electron chi connectivity index (χ3n) is 11.4. The minimum absolute atomic E-state index is 0.0119. The number of amides is 2. The molecule has 57 heavy (non-hydrogen) atoms. The molecule has 310 valence electrons. The summed E-state index contributed by atoms with van der Waals surface area (Å²) in [6, 6.07) is 13.7. The van der Waals surface area contributed by atoms with Crippen LogP contribution in [-0.2, 0) is 44.1 Å². The summed E-state index contributed by atoms with van der Waals surface area (Å²) in [7, 11) is 0. The van der Waals surface area contributed by atoms with Crippen LogP contribution in [0.2, 0.25) is 10.0 Å². The van der Waals surface area contributed by atoms with Crippen molar-refractivity contribution in [1.82, 2.24) is 14.9 Å². The lowest BCUT2D eigenvalue weighted by molar-refractivity contribution is -0.174. The fourth-order valence-corrected chi connectivity index (χ4v) is 8.59. The third-order valence-corrected chi connectivity index (χ3v) is 12.1. The summed E-state index contributed by atoms with van der Waals surface area (Å²) < 4.78 is 94.8. The topological polar surface area (TPSA) is 103 Å². The van der Waals surface area contributed by atoms with E-state index in [1.54, 1.807) is 18.2 Å². The predicted molar refractivity (Wildman–Crippen MR) is 198 cm³/mol. The van der Waals surface area contributed by atoms with Gasteiger partial charge >= 0.3 is 12.4 Å². The molecule has 3 aliphatic rings. The monoisotopic (exact) mass is 845 g/mol. The summed E-state index contributed by atoms with van der Waals surface area (Å²) >= 11 is 12.7. The van der Waals surface area contributed by atoms with Gasteiger partial charge in [0.1, 0.15) is 12.2 Å². The number of likely N-dealkylation sites (tertiary alicyclic amines) is 1. The first kappa shape index (κ1) is 43.1. The molecule has 0 radical (unpaired) electrons. The van der Waals surface area contributed by atoms with Crippen LogP contribution in [0, 0.1) is 0 Å². The van der Waals surface area contributed by atoms with Crippen molar-refractivity contribution >= 4 is 35.0 Å². The van der Waals surface area contributed by atoms with Crippen molar-refractivity contribution in [3.63, 3.8) is 0 Å². The lowest BCUT2D eigenvalue weighted by atomic mass is 9.72. The number of benzene rings is 3. The van der Waals surface area contributed by atoms with E-state index in [9.17, 15) is 41.1 Å². The van der Waals surface area contributed by atoms with Crippen molar-refractivity contribution in [2.24, 2.45) is 0 Å². The van der Waals surface area contributed by atoms with Crippen LogP contribution >= 0.6 is 23.2 Å². The summed E-state index contributed by atoms with van der Waals surface area (Å²) in [4.78, 5) is 29.9. The number of piperidine rings is 1. The zero-order valence-corrected chi connectivity index (χ0v) is 32.4. The second-order valence-corrected chi connectivity index (χ2v) is 15.7. The molecule has 0 bridgehead atoms. The zero-order chi connectivity index (χ0) is 41.2. The van der Waals surface area contributed by atoms with Gasteiger partial charge in [-0.1, -0.05) is 53.5 Å². The number of hydrogen-bond acceptors (Lipinski definition) is 7. The Morgan fingerprint density at radius 1 is 0.912 bits per heavy atom. The maximum absolute atomic E-state index is 13.8. The van der Waals surface area contributed by atoms with Gasteiger partial charge in [0.05, 0.1) is 40.4 Å². The van der Waals surface area contributed by atoms with Gasteiger partial charge in [-0.2, -0.15) is 26.3 Å². The van der Waals surface area contributed by atoms with Gasteiger partial charge in [0, 0.05) is 37.2 Å². The van der Waals surface area contributed by atoms with Crippen LogP contribution in [0.25, 0.3) is 0 Å². The Morgan fingerprint density at radius 2 is 1.60 bits per heavy atom. The number of hydroxylamine groups is 2. The molecule has 2 amide bonds. The van der Waals surface area contributed by atoms with E-state index in [0.717, 1.165) is 11.1 Å². The van der Waals surface area contributed by atoms with Crippen molar-refractivity contribution in [3.8, 4) is 0 Å². The fraction of sp³-hybridized carbons (Fsp3) is 0.500. The molecule has 1 aliphatic carbocycles. The summed E-state index contributed by atoms with van der Waals surface area (Å²) in [6.07, 6.45) is -7.46. The number of alkyl halides is 6. The quantitative estimate of drug-likeness (QED) is 0.0833. The first-order chi connectivity index (χ1) is 27.0. The Balaban J connectivity index is 1.20. The molecule has 0 unspecified atom stereocenters. The number of halogens is 8. The molecule has 3 aromatic carbocycles. The van der Waals surface area contributed by atoms with Crippen molar-refractivity contribution in [2.45, 2.75) is 68.0 Å². The lowest BCUT2D eigenvalue weighted by Crippen LogP contribution is -2.54. The molecule has 2 aliphatic heterocycles. The molecular weight excluding hydrogens is 803 g/mol. The van der Waals surface area contributed by atoms with E-state index in [2.05, 4.69) is 11.0 Å². The van der Waals surface area contributed by atoms with Crippen molar-refractivity contribution < 1.29 is 55.7 Å². The van der Waals surface area contributed by atoms with Gasteiger partial charge in [0.15, 0.2) is 0 Å². The van der Waals surface area contributed by atoms with Gasteiger partial charge in [-0.25, -0.2) is 5.06 Å². The Labute approximate surface area is 336 Å². The summed E-state index contributed by atoms with van der Waals surface area (Å²) in [5, 5.41) is 20.3. The van der Waals surface area contributed by atoms with Crippen LogP contribution < -0.4 is 0 Å². The summed E-state index contributed by atoms with van der Waals surface area (Å²) in [6.45, 7) is 1.08. The summed E-state index contributed by atoms with van der Waals surface area (Å²) in [5.74, 6) is -1.57. The predicted octanol–water partition coefficient (Wildman–Crippen LogP) is 7.75. The van der Waals surface area contributed by atoms with E-state index < -0.39 is 51.9 Å². The highest BCUT2D eigenvalue weighted by Crippen LogP contribution is 2.48. The standard InChI is InChI=1S/C40H43Cl2F6N3O6/c41-32-8-7-28(23-33(32)42)38(25-50(16-18-57-38)36(54)27-19-29(39(43,44)45)22-30(20-27)40(46,47)48)11-15-49-13-9-37(10-14-49)31-6-2-1-5-26(31)21-34(37)56-24-35(53)51(55)12-3-4-17-52/h1-2,5-8,19-20,22-23,34,52,55H,3-4,9-18,21,24-25H2/t34-,38+/m0/s1. The smallest absolute Gasteiger partial charge is 0.396 e. The maximum atomic E-state index is 13.8. The molecule has 9 nitrogen and oxygen atoms in total. The Kier molecular flexibility index (Phi) is 13.2. The molecule has 3 aromatic rings. The second kappa shape index (κ2) is 17.4. The van der Waals surface area contributed by atoms with E-state index in [-0.39, 0.29) is 68.1 Å².